The minimum absolute atomic E-state index is 0.780. The Kier molecular flexibility index (Phi) is 5.08. The van der Waals surface area contributed by atoms with E-state index in [0.717, 1.165) is 23.9 Å². The maximum atomic E-state index is 4.89. The number of fused-ring (bicyclic) bond motifs is 1. The number of nitrogens with zero attached hydrogens (tertiary/aromatic N) is 2. The Morgan fingerprint density at radius 3 is 2.40 bits per heavy atom. The van der Waals surface area contributed by atoms with Gasteiger partial charge in [0.1, 0.15) is 0 Å². The molecule has 0 aliphatic carbocycles. The smallest absolute Gasteiger partial charge is 0.183 e. The van der Waals surface area contributed by atoms with Crippen LogP contribution >= 0.6 is 11.3 Å². The van der Waals surface area contributed by atoms with Crippen LogP contribution in [-0.2, 0) is 13.1 Å². The summed E-state index contributed by atoms with van der Waals surface area (Å²) in [6.07, 6.45) is 2.24. The van der Waals surface area contributed by atoms with Crippen LogP contribution in [0.15, 0.2) is 90.4 Å². The number of anilines is 1. The van der Waals surface area contributed by atoms with Crippen molar-refractivity contribution in [3.8, 4) is 11.3 Å². The first-order chi connectivity index (χ1) is 14.8. The lowest BCUT2D eigenvalue weighted by atomic mass is 10.1. The molecule has 0 saturated carbocycles. The normalized spacial score (nSPS) is 11.1. The number of aromatic nitrogens is 2. The van der Waals surface area contributed by atoms with Crippen molar-refractivity contribution in [3.05, 3.63) is 107 Å². The first-order valence-corrected chi connectivity index (χ1v) is 11.0. The molecule has 4 heteroatoms. The van der Waals surface area contributed by atoms with Crippen molar-refractivity contribution in [2.24, 2.45) is 0 Å². The Labute approximate surface area is 180 Å². The Bertz CT molecular complexity index is 1270. The molecule has 0 spiro atoms. The van der Waals surface area contributed by atoms with Crippen molar-refractivity contribution < 1.29 is 0 Å². The number of thiazole rings is 1. The van der Waals surface area contributed by atoms with E-state index in [9.17, 15) is 0 Å². The molecule has 2 aromatic heterocycles. The number of hydrogen-bond acceptors (Lipinski definition) is 3. The van der Waals surface area contributed by atoms with E-state index in [-0.39, 0.29) is 0 Å². The molecular weight excluding hydrogens is 386 g/mol. The zero-order chi connectivity index (χ0) is 20.3. The van der Waals surface area contributed by atoms with Crippen molar-refractivity contribution in [1.82, 2.24) is 9.55 Å². The zero-order valence-electron chi connectivity index (χ0n) is 16.9. The van der Waals surface area contributed by atoms with Gasteiger partial charge in [0.2, 0.25) is 0 Å². The monoisotopic (exact) mass is 409 g/mol. The Morgan fingerprint density at radius 2 is 1.63 bits per heavy atom. The molecule has 1 N–H and O–H groups in total. The topological polar surface area (TPSA) is 29.9 Å². The van der Waals surface area contributed by atoms with E-state index in [2.05, 4.69) is 101 Å². The van der Waals surface area contributed by atoms with Crippen molar-refractivity contribution in [2.75, 3.05) is 5.32 Å². The molecule has 0 atom stereocenters. The molecule has 0 saturated heterocycles. The molecule has 5 rings (SSSR count). The molecule has 2 heterocycles. The van der Waals surface area contributed by atoms with Gasteiger partial charge in [-0.15, -0.1) is 11.3 Å². The lowest BCUT2D eigenvalue weighted by molar-refractivity contribution is 0.837. The molecule has 30 heavy (non-hydrogen) atoms. The van der Waals surface area contributed by atoms with Crippen LogP contribution in [0.1, 0.15) is 16.7 Å². The third-order valence-electron chi connectivity index (χ3n) is 5.30. The molecule has 0 bridgehead atoms. The summed E-state index contributed by atoms with van der Waals surface area (Å²) in [5.74, 6) is 0. The third-order valence-corrected chi connectivity index (χ3v) is 6.10. The molecule has 0 aliphatic rings. The largest absolute Gasteiger partial charge is 0.357 e. The molecule has 0 fully saturated rings. The predicted molar refractivity (Wildman–Crippen MR) is 127 cm³/mol. The Balaban J connectivity index is 1.47. The lowest BCUT2D eigenvalue weighted by Gasteiger charge is -2.05. The highest BCUT2D eigenvalue weighted by Gasteiger charge is 2.14. The number of aryl methyl sites for hydroxylation is 1. The van der Waals surface area contributed by atoms with Gasteiger partial charge in [0.25, 0.3) is 0 Å². The number of benzene rings is 3. The summed E-state index contributed by atoms with van der Waals surface area (Å²) in [7, 11) is 0. The fourth-order valence-corrected chi connectivity index (χ4v) is 4.49. The SMILES string of the molecule is Cc1ccc2c(c1)c(-c1csc(NCc3ccccc3)n1)cn2Cc1ccccc1. The van der Waals surface area contributed by atoms with Crippen molar-refractivity contribution in [1.29, 1.82) is 0 Å². The number of hydrogen-bond donors (Lipinski definition) is 1. The molecule has 0 aliphatic heterocycles. The first-order valence-electron chi connectivity index (χ1n) is 10.1. The highest BCUT2D eigenvalue weighted by atomic mass is 32.1. The van der Waals surface area contributed by atoms with Gasteiger partial charge in [-0.1, -0.05) is 72.3 Å². The van der Waals surface area contributed by atoms with E-state index in [1.54, 1.807) is 11.3 Å². The molecule has 5 aromatic rings. The maximum Gasteiger partial charge on any atom is 0.183 e. The molecule has 148 valence electrons. The maximum absolute atomic E-state index is 4.89. The van der Waals surface area contributed by atoms with Crippen LogP contribution < -0.4 is 5.32 Å². The van der Waals surface area contributed by atoms with E-state index in [1.165, 1.54) is 33.2 Å². The fraction of sp³-hybridized carbons (Fsp3) is 0.115. The second-order valence-electron chi connectivity index (χ2n) is 7.55. The van der Waals surface area contributed by atoms with Crippen molar-refractivity contribution >= 4 is 27.4 Å². The lowest BCUT2D eigenvalue weighted by Crippen LogP contribution is -1.98. The van der Waals surface area contributed by atoms with E-state index >= 15 is 0 Å². The van der Waals surface area contributed by atoms with Gasteiger partial charge in [-0.2, -0.15) is 0 Å². The third kappa shape index (κ3) is 3.87. The van der Waals surface area contributed by atoms with Crippen LogP contribution in [0.5, 0.6) is 0 Å². The summed E-state index contributed by atoms with van der Waals surface area (Å²) in [6, 6.07) is 27.7. The van der Waals surface area contributed by atoms with Crippen LogP contribution in [0.4, 0.5) is 5.13 Å². The molecule has 0 unspecified atom stereocenters. The van der Waals surface area contributed by atoms with Crippen LogP contribution in [-0.4, -0.2) is 9.55 Å². The van der Waals surface area contributed by atoms with Crippen LogP contribution in [0.3, 0.4) is 0 Å². The van der Waals surface area contributed by atoms with Crippen molar-refractivity contribution in [2.45, 2.75) is 20.0 Å². The summed E-state index contributed by atoms with van der Waals surface area (Å²) in [5, 5.41) is 7.81. The van der Waals surface area contributed by atoms with Gasteiger partial charge in [-0.3, -0.25) is 0 Å². The molecule has 3 nitrogen and oxygen atoms in total. The average molecular weight is 410 g/mol. The fourth-order valence-electron chi connectivity index (χ4n) is 3.78. The van der Waals surface area contributed by atoms with Crippen LogP contribution in [0, 0.1) is 6.92 Å². The molecule has 3 aromatic carbocycles. The van der Waals surface area contributed by atoms with Gasteiger partial charge < -0.3 is 9.88 Å². The van der Waals surface area contributed by atoms with Gasteiger partial charge in [0, 0.05) is 41.1 Å². The van der Waals surface area contributed by atoms with Crippen molar-refractivity contribution in [3.63, 3.8) is 0 Å². The number of rotatable bonds is 6. The second kappa shape index (κ2) is 8.17. The summed E-state index contributed by atoms with van der Waals surface area (Å²) < 4.78 is 2.33. The number of nitrogens with one attached hydrogen (secondary N) is 1. The van der Waals surface area contributed by atoms with E-state index in [0.29, 0.717) is 0 Å². The van der Waals surface area contributed by atoms with Gasteiger partial charge in [0.15, 0.2) is 5.13 Å². The summed E-state index contributed by atoms with van der Waals surface area (Å²) in [4.78, 5) is 4.89. The van der Waals surface area contributed by atoms with Crippen LogP contribution in [0.25, 0.3) is 22.2 Å². The van der Waals surface area contributed by atoms with Crippen LogP contribution in [0.2, 0.25) is 0 Å². The Morgan fingerprint density at radius 1 is 0.900 bits per heavy atom. The van der Waals surface area contributed by atoms with Gasteiger partial charge in [0.05, 0.1) is 5.69 Å². The Hall–Kier alpha value is -3.37. The van der Waals surface area contributed by atoms with E-state index in [1.807, 2.05) is 6.07 Å². The summed E-state index contributed by atoms with van der Waals surface area (Å²) in [6.45, 7) is 3.78. The molecule has 0 radical (unpaired) electrons. The van der Waals surface area contributed by atoms with E-state index < -0.39 is 0 Å². The zero-order valence-corrected chi connectivity index (χ0v) is 17.7. The standard InChI is InChI=1S/C26H23N3S/c1-19-12-13-25-22(14-19)23(17-29(25)16-21-10-6-3-7-11-21)24-18-30-26(28-24)27-15-20-8-4-2-5-9-20/h2-14,17-18H,15-16H2,1H3,(H,27,28). The first kappa shape index (κ1) is 18.6. The highest BCUT2D eigenvalue weighted by molar-refractivity contribution is 7.14. The summed E-state index contributed by atoms with van der Waals surface area (Å²) >= 11 is 1.66. The van der Waals surface area contributed by atoms with Gasteiger partial charge in [-0.25, -0.2) is 4.98 Å². The quantitative estimate of drug-likeness (QED) is 0.337. The minimum atomic E-state index is 0.780. The van der Waals surface area contributed by atoms with E-state index in [4.69, 9.17) is 4.98 Å². The predicted octanol–water partition coefficient (Wildman–Crippen LogP) is 6.73. The minimum Gasteiger partial charge on any atom is -0.357 e. The average Bonchev–Trinajstić information content (AvgIpc) is 3.38. The highest BCUT2D eigenvalue weighted by Crippen LogP contribution is 2.34. The van der Waals surface area contributed by atoms with Gasteiger partial charge in [-0.05, 0) is 30.2 Å². The second-order valence-corrected chi connectivity index (χ2v) is 8.41. The van der Waals surface area contributed by atoms with Gasteiger partial charge >= 0.3 is 0 Å². The summed E-state index contributed by atoms with van der Waals surface area (Å²) in [5.41, 5.74) is 7.27. The molecular formula is C26H23N3S. The molecule has 0 amide bonds.